The smallest absolute Gasteiger partial charge is 0.337 e. The molecular weight excluding hydrogens is 256 g/mol. The van der Waals surface area contributed by atoms with E-state index in [2.05, 4.69) is 10.0 Å². The molecule has 0 aliphatic carbocycles. The van der Waals surface area contributed by atoms with Gasteiger partial charge in [0.25, 0.3) is 0 Å². The van der Waals surface area contributed by atoms with Gasteiger partial charge in [0.1, 0.15) is 0 Å². The average molecular weight is 272 g/mol. The van der Waals surface area contributed by atoms with Gasteiger partial charge in [0.05, 0.1) is 11.8 Å². The van der Waals surface area contributed by atoms with Crippen LogP contribution >= 0.6 is 0 Å². The lowest BCUT2D eigenvalue weighted by atomic mass is 10.1. The molecule has 3 N–H and O–H groups in total. The predicted octanol–water partition coefficient (Wildman–Crippen LogP) is 0.654. The van der Waals surface area contributed by atoms with Crippen molar-refractivity contribution >= 4 is 21.7 Å². The highest BCUT2D eigenvalue weighted by molar-refractivity contribution is 7.88. The number of carboxylic acids is 1. The number of carboxylic acid groups (broad SMARTS) is 1. The zero-order chi connectivity index (χ0) is 13.8. The number of carbonyl (C=O) groups is 1. The van der Waals surface area contributed by atoms with Gasteiger partial charge >= 0.3 is 5.97 Å². The average Bonchev–Trinajstić information content (AvgIpc) is 2.22. The van der Waals surface area contributed by atoms with Crippen molar-refractivity contribution in [2.24, 2.45) is 0 Å². The molecule has 0 spiro atoms. The molecule has 18 heavy (non-hydrogen) atoms. The molecular formula is C11H16N2O4S. The molecule has 1 aromatic carbocycles. The summed E-state index contributed by atoms with van der Waals surface area (Å²) in [5.74, 6) is -1.02. The number of hydrogen-bond donors (Lipinski definition) is 3. The van der Waals surface area contributed by atoms with Crippen molar-refractivity contribution in [3.63, 3.8) is 0 Å². The standard InChI is InChI=1S/C11H16N2O4S/c1-8-3-4-9(11(14)15)10(7-8)12-5-6-13-18(2,16)17/h3-4,7,12-13H,5-6H2,1-2H3,(H,14,15). The molecule has 0 aliphatic rings. The van der Waals surface area contributed by atoms with Gasteiger partial charge in [-0.15, -0.1) is 0 Å². The molecule has 100 valence electrons. The number of rotatable bonds is 6. The maximum absolute atomic E-state index is 11.0. The molecule has 7 heteroatoms. The molecule has 0 bridgehead atoms. The van der Waals surface area contributed by atoms with E-state index in [-0.39, 0.29) is 12.1 Å². The summed E-state index contributed by atoms with van der Waals surface area (Å²) in [5, 5.41) is 11.9. The highest BCUT2D eigenvalue weighted by Crippen LogP contribution is 2.17. The summed E-state index contributed by atoms with van der Waals surface area (Å²) >= 11 is 0. The maximum Gasteiger partial charge on any atom is 0.337 e. The maximum atomic E-state index is 11.0. The first kappa shape index (κ1) is 14.5. The van der Waals surface area contributed by atoms with Crippen LogP contribution in [0.3, 0.4) is 0 Å². The third kappa shape index (κ3) is 4.72. The van der Waals surface area contributed by atoms with E-state index in [1.807, 2.05) is 6.92 Å². The van der Waals surface area contributed by atoms with E-state index in [1.165, 1.54) is 6.07 Å². The minimum absolute atomic E-state index is 0.167. The van der Waals surface area contributed by atoms with Crippen LogP contribution in [0.5, 0.6) is 0 Å². The van der Waals surface area contributed by atoms with E-state index in [9.17, 15) is 13.2 Å². The van der Waals surface area contributed by atoms with Crippen LogP contribution in [0, 0.1) is 6.92 Å². The Morgan fingerprint density at radius 2 is 2.00 bits per heavy atom. The van der Waals surface area contributed by atoms with E-state index in [0.717, 1.165) is 11.8 Å². The Balaban J connectivity index is 2.66. The summed E-state index contributed by atoms with van der Waals surface area (Å²) in [7, 11) is -3.22. The summed E-state index contributed by atoms with van der Waals surface area (Å²) in [4.78, 5) is 11.0. The lowest BCUT2D eigenvalue weighted by molar-refractivity contribution is 0.0698. The summed E-state index contributed by atoms with van der Waals surface area (Å²) in [6, 6.07) is 4.94. The van der Waals surface area contributed by atoms with Crippen molar-refractivity contribution in [2.75, 3.05) is 24.7 Å². The van der Waals surface area contributed by atoms with Crippen molar-refractivity contribution in [1.82, 2.24) is 4.72 Å². The highest BCUT2D eigenvalue weighted by Gasteiger charge is 2.09. The lowest BCUT2D eigenvalue weighted by Crippen LogP contribution is -2.28. The third-order valence-electron chi connectivity index (χ3n) is 2.21. The number of aromatic carboxylic acids is 1. The zero-order valence-electron chi connectivity index (χ0n) is 10.2. The number of anilines is 1. The second kappa shape index (κ2) is 5.83. The quantitative estimate of drug-likeness (QED) is 0.661. The van der Waals surface area contributed by atoms with E-state index in [0.29, 0.717) is 12.2 Å². The minimum Gasteiger partial charge on any atom is -0.478 e. The molecule has 0 fully saturated rings. The van der Waals surface area contributed by atoms with Gasteiger partial charge in [-0.25, -0.2) is 17.9 Å². The molecule has 0 radical (unpaired) electrons. The van der Waals surface area contributed by atoms with Crippen molar-refractivity contribution in [3.8, 4) is 0 Å². The summed E-state index contributed by atoms with van der Waals surface area (Å²) in [6.07, 6.45) is 1.07. The van der Waals surface area contributed by atoms with Gasteiger partial charge in [-0.3, -0.25) is 0 Å². The monoisotopic (exact) mass is 272 g/mol. The van der Waals surface area contributed by atoms with Crippen molar-refractivity contribution < 1.29 is 18.3 Å². The van der Waals surface area contributed by atoms with E-state index in [1.54, 1.807) is 12.1 Å². The normalized spacial score (nSPS) is 11.2. The first-order valence-corrected chi connectivity index (χ1v) is 7.21. The molecule has 0 heterocycles. The summed E-state index contributed by atoms with van der Waals surface area (Å²) in [6.45, 7) is 2.37. The van der Waals surface area contributed by atoms with Crippen molar-refractivity contribution in [3.05, 3.63) is 29.3 Å². The second-order valence-electron chi connectivity index (χ2n) is 3.95. The van der Waals surface area contributed by atoms with Gasteiger partial charge in [-0.05, 0) is 24.6 Å². The van der Waals surface area contributed by atoms with Crippen LogP contribution in [0.25, 0.3) is 0 Å². The fourth-order valence-corrected chi connectivity index (χ4v) is 1.90. The number of hydrogen-bond acceptors (Lipinski definition) is 4. The van der Waals surface area contributed by atoms with Gasteiger partial charge < -0.3 is 10.4 Å². The fourth-order valence-electron chi connectivity index (χ4n) is 1.42. The molecule has 0 aliphatic heterocycles. The van der Waals surface area contributed by atoms with Crippen molar-refractivity contribution in [2.45, 2.75) is 6.92 Å². The largest absolute Gasteiger partial charge is 0.478 e. The SMILES string of the molecule is Cc1ccc(C(=O)O)c(NCCNS(C)(=O)=O)c1. The first-order chi connectivity index (χ1) is 8.29. The number of sulfonamides is 1. The fraction of sp³-hybridized carbons (Fsp3) is 0.364. The van der Waals surface area contributed by atoms with Crippen LogP contribution in [-0.4, -0.2) is 38.8 Å². The molecule has 0 amide bonds. The van der Waals surface area contributed by atoms with Crippen LogP contribution in [-0.2, 0) is 10.0 Å². The minimum atomic E-state index is -3.22. The van der Waals surface area contributed by atoms with Gasteiger partial charge in [0, 0.05) is 18.8 Å². The van der Waals surface area contributed by atoms with Crippen LogP contribution in [0.2, 0.25) is 0 Å². The number of benzene rings is 1. The van der Waals surface area contributed by atoms with Crippen molar-refractivity contribution in [1.29, 1.82) is 0 Å². The third-order valence-corrected chi connectivity index (χ3v) is 2.94. The van der Waals surface area contributed by atoms with Crippen LogP contribution < -0.4 is 10.0 Å². The molecule has 0 saturated heterocycles. The van der Waals surface area contributed by atoms with E-state index < -0.39 is 16.0 Å². The Kier molecular flexibility index (Phi) is 4.69. The van der Waals surface area contributed by atoms with Gasteiger partial charge in [-0.2, -0.15) is 0 Å². The highest BCUT2D eigenvalue weighted by atomic mass is 32.2. The molecule has 0 unspecified atom stereocenters. The van der Waals surface area contributed by atoms with Gasteiger partial charge in [-0.1, -0.05) is 6.07 Å². The first-order valence-electron chi connectivity index (χ1n) is 5.32. The Morgan fingerprint density at radius 3 is 2.56 bits per heavy atom. The molecule has 0 atom stereocenters. The van der Waals surface area contributed by atoms with Crippen LogP contribution in [0.15, 0.2) is 18.2 Å². The summed E-state index contributed by atoms with van der Waals surface area (Å²) < 4.78 is 24.0. The Morgan fingerprint density at radius 1 is 1.33 bits per heavy atom. The molecule has 1 aromatic rings. The number of nitrogens with one attached hydrogen (secondary N) is 2. The van der Waals surface area contributed by atoms with Gasteiger partial charge in [0.2, 0.25) is 10.0 Å². The Hall–Kier alpha value is -1.60. The van der Waals surface area contributed by atoms with E-state index in [4.69, 9.17) is 5.11 Å². The van der Waals surface area contributed by atoms with Crippen LogP contribution in [0.1, 0.15) is 15.9 Å². The Bertz CT molecular complexity index is 540. The summed E-state index contributed by atoms with van der Waals surface area (Å²) in [5.41, 5.74) is 1.58. The van der Waals surface area contributed by atoms with Gasteiger partial charge in [0.15, 0.2) is 0 Å². The van der Waals surface area contributed by atoms with Crippen LogP contribution in [0.4, 0.5) is 5.69 Å². The topological polar surface area (TPSA) is 95.5 Å². The second-order valence-corrected chi connectivity index (χ2v) is 5.78. The lowest BCUT2D eigenvalue weighted by Gasteiger charge is -2.10. The predicted molar refractivity (Wildman–Crippen MR) is 69.5 cm³/mol. The molecule has 0 aromatic heterocycles. The number of aryl methyl sites for hydroxylation is 1. The van der Waals surface area contributed by atoms with E-state index >= 15 is 0 Å². The Labute approximate surface area is 106 Å². The molecule has 0 saturated carbocycles. The zero-order valence-corrected chi connectivity index (χ0v) is 11.0. The molecule has 1 rings (SSSR count). The molecule has 6 nitrogen and oxygen atoms in total.